The molecular weight excluding hydrogens is 359 g/mol. The second-order valence-corrected chi connectivity index (χ2v) is 6.81. The van der Waals surface area contributed by atoms with E-state index in [-0.39, 0.29) is 13.0 Å². The fourth-order valence-corrected chi connectivity index (χ4v) is 3.20. The van der Waals surface area contributed by atoms with Gasteiger partial charge in [-0.15, -0.1) is 0 Å². The van der Waals surface area contributed by atoms with Crippen molar-refractivity contribution in [2.24, 2.45) is 0 Å². The highest BCUT2D eigenvalue weighted by atomic mass is 19.4. The van der Waals surface area contributed by atoms with Crippen molar-refractivity contribution < 1.29 is 27.5 Å². The Morgan fingerprint density at radius 3 is 2.41 bits per heavy atom. The van der Waals surface area contributed by atoms with Crippen LogP contribution in [0.2, 0.25) is 0 Å². The molecule has 0 aliphatic carbocycles. The van der Waals surface area contributed by atoms with Gasteiger partial charge in [-0.3, -0.25) is 4.79 Å². The van der Waals surface area contributed by atoms with Gasteiger partial charge in [-0.2, -0.15) is 13.2 Å². The molecule has 1 atom stereocenters. The minimum absolute atomic E-state index is 0.103. The van der Waals surface area contributed by atoms with Gasteiger partial charge in [0.1, 0.15) is 0 Å². The molecule has 0 saturated heterocycles. The van der Waals surface area contributed by atoms with Crippen molar-refractivity contribution in [3.05, 3.63) is 70.8 Å². The third-order valence-corrected chi connectivity index (χ3v) is 4.58. The Balaban J connectivity index is 1.75. The van der Waals surface area contributed by atoms with Crippen LogP contribution in [0.3, 0.4) is 0 Å². The van der Waals surface area contributed by atoms with E-state index in [0.29, 0.717) is 11.1 Å². The number of rotatable bonds is 3. The number of cyclic esters (lactones) is 1. The van der Waals surface area contributed by atoms with Crippen LogP contribution in [0.15, 0.2) is 48.5 Å². The van der Waals surface area contributed by atoms with Gasteiger partial charge in [0.15, 0.2) is 5.60 Å². The lowest BCUT2D eigenvalue weighted by Crippen LogP contribution is -2.51. The third-order valence-electron chi connectivity index (χ3n) is 4.58. The molecular formula is C20H18F3NO3. The zero-order chi connectivity index (χ0) is 19.8. The van der Waals surface area contributed by atoms with Crippen LogP contribution in [-0.4, -0.2) is 29.4 Å². The molecule has 0 N–H and O–H groups in total. The van der Waals surface area contributed by atoms with Crippen molar-refractivity contribution in [1.29, 1.82) is 0 Å². The molecule has 1 aliphatic rings. The highest BCUT2D eigenvalue weighted by Crippen LogP contribution is 2.31. The number of halogens is 3. The first-order chi connectivity index (χ1) is 12.6. The van der Waals surface area contributed by atoms with E-state index in [4.69, 9.17) is 4.74 Å². The molecule has 27 heavy (non-hydrogen) atoms. The Bertz CT molecular complexity index is 877. The van der Waals surface area contributed by atoms with E-state index >= 15 is 0 Å². The maximum Gasteiger partial charge on any atom is 0.416 e. The Hall–Kier alpha value is -2.83. The smallest absolute Gasteiger partial charge is 0.416 e. The fraction of sp³-hybridized carbons (Fsp3) is 0.300. The lowest BCUT2D eigenvalue weighted by atomic mass is 9.89. The second kappa shape index (κ2) is 6.72. The van der Waals surface area contributed by atoms with Gasteiger partial charge in [0.2, 0.25) is 0 Å². The molecule has 4 nitrogen and oxygen atoms in total. The maximum absolute atomic E-state index is 12.9. The standard InChI is InChI=1S/C20H18F3NO3/c1-19(11-14-5-3-4-6-16(14)17(25)27-19)18(26)24(2)12-13-7-9-15(10-8-13)20(21,22)23/h3-10H,11-12H2,1-2H3/t19-/m1/s1. The number of esters is 1. The lowest BCUT2D eigenvalue weighted by Gasteiger charge is -2.36. The van der Waals surface area contributed by atoms with E-state index < -0.39 is 29.2 Å². The molecule has 1 heterocycles. The summed E-state index contributed by atoms with van der Waals surface area (Å²) in [5.74, 6) is -0.971. The van der Waals surface area contributed by atoms with Gasteiger partial charge in [-0.25, -0.2) is 4.79 Å². The van der Waals surface area contributed by atoms with E-state index in [1.807, 2.05) is 0 Å². The third kappa shape index (κ3) is 3.82. The van der Waals surface area contributed by atoms with Crippen molar-refractivity contribution in [1.82, 2.24) is 4.90 Å². The molecule has 0 spiro atoms. The van der Waals surface area contributed by atoms with Gasteiger partial charge in [0.25, 0.3) is 5.91 Å². The number of alkyl halides is 3. The van der Waals surface area contributed by atoms with Gasteiger partial charge < -0.3 is 9.64 Å². The number of fused-ring (bicyclic) bond motifs is 1. The van der Waals surface area contributed by atoms with E-state index in [1.54, 1.807) is 31.2 Å². The highest BCUT2D eigenvalue weighted by Gasteiger charge is 2.44. The van der Waals surface area contributed by atoms with E-state index in [2.05, 4.69) is 0 Å². The quantitative estimate of drug-likeness (QED) is 0.764. The van der Waals surface area contributed by atoms with Gasteiger partial charge in [-0.05, 0) is 36.2 Å². The molecule has 142 valence electrons. The molecule has 0 fully saturated rings. The summed E-state index contributed by atoms with van der Waals surface area (Å²) in [7, 11) is 1.53. The van der Waals surface area contributed by atoms with Crippen LogP contribution in [-0.2, 0) is 28.7 Å². The van der Waals surface area contributed by atoms with Gasteiger partial charge >= 0.3 is 12.1 Å². The average Bonchev–Trinajstić information content (AvgIpc) is 2.60. The summed E-state index contributed by atoms with van der Waals surface area (Å²) >= 11 is 0. The number of amides is 1. The lowest BCUT2D eigenvalue weighted by molar-refractivity contribution is -0.150. The number of carbonyl (C=O) groups is 2. The summed E-state index contributed by atoms with van der Waals surface area (Å²) in [6, 6.07) is 11.5. The summed E-state index contributed by atoms with van der Waals surface area (Å²) < 4.78 is 43.4. The average molecular weight is 377 g/mol. The first-order valence-corrected chi connectivity index (χ1v) is 8.33. The fourth-order valence-electron chi connectivity index (χ4n) is 3.20. The van der Waals surface area contributed by atoms with Crippen molar-refractivity contribution in [2.45, 2.75) is 31.7 Å². The highest BCUT2D eigenvalue weighted by molar-refractivity contribution is 5.97. The molecule has 0 bridgehead atoms. The van der Waals surface area contributed by atoms with Crippen LogP contribution in [0.4, 0.5) is 13.2 Å². The minimum atomic E-state index is -4.41. The van der Waals surface area contributed by atoms with E-state index in [9.17, 15) is 22.8 Å². The number of carbonyl (C=O) groups excluding carboxylic acids is 2. The summed E-state index contributed by atoms with van der Waals surface area (Å²) in [5, 5.41) is 0. The number of benzene rings is 2. The largest absolute Gasteiger partial charge is 0.445 e. The first-order valence-electron chi connectivity index (χ1n) is 8.33. The van der Waals surface area contributed by atoms with Crippen LogP contribution in [0.5, 0.6) is 0 Å². The number of nitrogens with zero attached hydrogens (tertiary/aromatic N) is 1. The predicted molar refractivity (Wildman–Crippen MR) is 91.9 cm³/mol. The molecule has 1 amide bonds. The van der Waals surface area contributed by atoms with Gasteiger partial charge in [0, 0.05) is 20.0 Å². The molecule has 0 aromatic heterocycles. The summed E-state index contributed by atoms with van der Waals surface area (Å²) in [6.45, 7) is 1.65. The summed E-state index contributed by atoms with van der Waals surface area (Å²) in [4.78, 5) is 26.4. The second-order valence-electron chi connectivity index (χ2n) is 6.81. The number of hydrogen-bond donors (Lipinski definition) is 0. The van der Waals surface area contributed by atoms with Gasteiger partial charge in [-0.1, -0.05) is 30.3 Å². The van der Waals surface area contributed by atoms with Crippen molar-refractivity contribution in [2.75, 3.05) is 7.05 Å². The van der Waals surface area contributed by atoms with Crippen LogP contribution < -0.4 is 0 Å². The van der Waals surface area contributed by atoms with E-state index in [0.717, 1.165) is 17.7 Å². The van der Waals surface area contributed by atoms with Crippen LogP contribution in [0.1, 0.15) is 34.0 Å². The molecule has 3 rings (SSSR count). The van der Waals surface area contributed by atoms with E-state index in [1.165, 1.54) is 24.1 Å². The van der Waals surface area contributed by atoms with Crippen LogP contribution in [0.25, 0.3) is 0 Å². The number of ether oxygens (including phenoxy) is 1. The predicted octanol–water partition coefficient (Wildman–Crippen LogP) is 3.84. The topological polar surface area (TPSA) is 46.6 Å². The first kappa shape index (κ1) is 18.9. The Morgan fingerprint density at radius 1 is 1.15 bits per heavy atom. The Labute approximate surface area is 154 Å². The number of hydrogen-bond acceptors (Lipinski definition) is 3. The minimum Gasteiger partial charge on any atom is -0.445 e. The summed E-state index contributed by atoms with van der Waals surface area (Å²) in [5.41, 5.74) is -0.387. The monoisotopic (exact) mass is 377 g/mol. The SMILES string of the molecule is CN(Cc1ccc(C(F)(F)F)cc1)C(=O)[C@@]1(C)Cc2ccccc2C(=O)O1. The molecule has 0 radical (unpaired) electrons. The molecule has 1 aliphatic heterocycles. The molecule has 0 saturated carbocycles. The molecule has 2 aromatic rings. The molecule has 7 heteroatoms. The van der Waals surface area contributed by atoms with Crippen LogP contribution in [0, 0.1) is 0 Å². The molecule has 0 unspecified atom stereocenters. The van der Waals surface area contributed by atoms with Crippen molar-refractivity contribution in [3.63, 3.8) is 0 Å². The molecule has 2 aromatic carbocycles. The maximum atomic E-state index is 12.9. The zero-order valence-electron chi connectivity index (χ0n) is 14.8. The Kier molecular flexibility index (Phi) is 4.71. The summed E-state index contributed by atoms with van der Waals surface area (Å²) in [6.07, 6.45) is -4.16. The van der Waals surface area contributed by atoms with Crippen molar-refractivity contribution in [3.8, 4) is 0 Å². The number of likely N-dealkylation sites (N-methyl/N-ethyl adjacent to an activating group) is 1. The van der Waals surface area contributed by atoms with Gasteiger partial charge in [0.05, 0.1) is 11.1 Å². The Morgan fingerprint density at radius 2 is 1.78 bits per heavy atom. The van der Waals surface area contributed by atoms with Crippen LogP contribution >= 0.6 is 0 Å². The normalized spacial score (nSPS) is 19.2. The zero-order valence-corrected chi connectivity index (χ0v) is 14.8. The van der Waals surface area contributed by atoms with Crippen molar-refractivity contribution >= 4 is 11.9 Å².